The van der Waals surface area contributed by atoms with Gasteiger partial charge in [-0.1, -0.05) is 25.1 Å². The van der Waals surface area contributed by atoms with E-state index in [0.717, 1.165) is 5.56 Å². The lowest BCUT2D eigenvalue weighted by atomic mass is 9.94. The van der Waals surface area contributed by atoms with Gasteiger partial charge in [0, 0.05) is 36.3 Å². The van der Waals surface area contributed by atoms with Crippen LogP contribution in [0.15, 0.2) is 59.6 Å². The van der Waals surface area contributed by atoms with Crippen LogP contribution in [0.3, 0.4) is 0 Å². The van der Waals surface area contributed by atoms with Crippen molar-refractivity contribution in [2.45, 2.75) is 44.2 Å². The monoisotopic (exact) mass is 509 g/mol. The largest absolute Gasteiger partial charge is 0.341 e. The average molecular weight is 510 g/mol. The summed E-state index contributed by atoms with van der Waals surface area (Å²) in [6.07, 6.45) is 2.04. The van der Waals surface area contributed by atoms with Crippen molar-refractivity contribution in [3.63, 3.8) is 0 Å². The van der Waals surface area contributed by atoms with Crippen molar-refractivity contribution >= 4 is 38.4 Å². The first-order chi connectivity index (χ1) is 17.1. The first-order valence-corrected chi connectivity index (χ1v) is 13.4. The molecule has 2 aromatic carbocycles. The number of carbonyl (C=O) groups is 2. The normalized spacial score (nSPS) is 19.2. The fourth-order valence-corrected chi connectivity index (χ4v) is 6.15. The summed E-state index contributed by atoms with van der Waals surface area (Å²) < 4.78 is 29.7. The van der Waals surface area contributed by atoms with Gasteiger partial charge in [0.05, 0.1) is 22.1 Å². The number of hydrogen-bond donors (Lipinski definition) is 3. The van der Waals surface area contributed by atoms with Gasteiger partial charge in [-0.2, -0.15) is 0 Å². The summed E-state index contributed by atoms with van der Waals surface area (Å²) in [4.78, 5) is 31.3. The number of piperidine rings is 1. The Labute approximate surface area is 211 Å². The van der Waals surface area contributed by atoms with Crippen molar-refractivity contribution in [2.75, 3.05) is 18.4 Å². The fourth-order valence-electron chi connectivity index (χ4n) is 4.57. The predicted molar refractivity (Wildman–Crippen MR) is 139 cm³/mol. The zero-order valence-corrected chi connectivity index (χ0v) is 21.4. The van der Waals surface area contributed by atoms with Crippen LogP contribution in [-0.2, 0) is 14.8 Å². The average Bonchev–Trinajstić information content (AvgIpc) is 2.85. The number of aryl methyl sites for hydroxylation is 1. The van der Waals surface area contributed by atoms with Gasteiger partial charge >= 0.3 is 0 Å². The van der Waals surface area contributed by atoms with Crippen molar-refractivity contribution in [3.05, 3.63) is 65.9 Å². The van der Waals surface area contributed by atoms with E-state index in [2.05, 4.69) is 15.0 Å². The molecule has 3 aromatic rings. The molecule has 0 aliphatic carbocycles. The van der Waals surface area contributed by atoms with Gasteiger partial charge < -0.3 is 16.0 Å². The minimum Gasteiger partial charge on any atom is -0.341 e. The summed E-state index contributed by atoms with van der Waals surface area (Å²) in [7, 11) is -3.91. The second-order valence-electron chi connectivity index (χ2n) is 9.35. The topological polar surface area (TPSA) is 134 Å². The Bertz CT molecular complexity index is 1410. The zero-order chi connectivity index (χ0) is 26.0. The number of amides is 2. The molecule has 0 saturated carbocycles. The fraction of sp³-hybridized carbons (Fsp3) is 0.346. The van der Waals surface area contributed by atoms with Crippen molar-refractivity contribution in [1.29, 1.82) is 0 Å². The number of fused-ring (bicyclic) bond motifs is 1. The molecule has 190 valence electrons. The minimum absolute atomic E-state index is 0.0841. The summed E-state index contributed by atoms with van der Waals surface area (Å²) in [6.45, 7) is 6.28. The summed E-state index contributed by atoms with van der Waals surface area (Å²) in [6, 6.07) is 12.7. The molecule has 2 amide bonds. The molecule has 10 heteroatoms. The van der Waals surface area contributed by atoms with Gasteiger partial charge in [0.15, 0.2) is 0 Å². The number of nitrogens with two attached hydrogens (primary N) is 1. The van der Waals surface area contributed by atoms with Gasteiger partial charge in [-0.05, 0) is 62.1 Å². The highest BCUT2D eigenvalue weighted by Gasteiger charge is 2.33. The van der Waals surface area contributed by atoms with E-state index in [9.17, 15) is 18.0 Å². The Balaban J connectivity index is 1.58. The SMILES string of the molecule is Cc1ccccc1C(=O)Nc1ccc(S(=O)(=O)N[C@H]2CCN(C(=O)[C@H](C)N)C[C@H]2C)c2cccnc12. The molecule has 0 radical (unpaired) electrons. The molecule has 1 aliphatic rings. The Morgan fingerprint density at radius 3 is 2.58 bits per heavy atom. The zero-order valence-electron chi connectivity index (χ0n) is 20.6. The molecule has 1 saturated heterocycles. The van der Waals surface area contributed by atoms with Crippen LogP contribution in [-0.4, -0.2) is 55.3 Å². The molecule has 1 aromatic heterocycles. The minimum atomic E-state index is -3.91. The number of nitrogens with zero attached hydrogens (tertiary/aromatic N) is 2. The van der Waals surface area contributed by atoms with Crippen molar-refractivity contribution in [3.8, 4) is 0 Å². The second kappa shape index (κ2) is 10.3. The molecule has 4 rings (SSSR count). The van der Waals surface area contributed by atoms with E-state index in [1.165, 1.54) is 6.07 Å². The highest BCUT2D eigenvalue weighted by molar-refractivity contribution is 7.89. The van der Waals surface area contributed by atoms with E-state index in [-0.39, 0.29) is 28.7 Å². The maximum atomic E-state index is 13.5. The van der Waals surface area contributed by atoms with Gasteiger partial charge in [-0.25, -0.2) is 13.1 Å². The van der Waals surface area contributed by atoms with Gasteiger partial charge in [0.2, 0.25) is 15.9 Å². The lowest BCUT2D eigenvalue weighted by Gasteiger charge is -2.37. The van der Waals surface area contributed by atoms with Crippen LogP contribution in [0.25, 0.3) is 10.9 Å². The molecular weight excluding hydrogens is 478 g/mol. The van der Waals surface area contributed by atoms with Crippen molar-refractivity contribution < 1.29 is 18.0 Å². The van der Waals surface area contributed by atoms with E-state index < -0.39 is 16.1 Å². The van der Waals surface area contributed by atoms with Crippen LogP contribution in [0.1, 0.15) is 36.2 Å². The van der Waals surface area contributed by atoms with Gasteiger partial charge in [-0.15, -0.1) is 0 Å². The van der Waals surface area contributed by atoms with Gasteiger partial charge in [0.25, 0.3) is 5.91 Å². The first-order valence-electron chi connectivity index (χ1n) is 11.9. The molecule has 9 nitrogen and oxygen atoms in total. The molecule has 4 N–H and O–H groups in total. The van der Waals surface area contributed by atoms with Crippen LogP contribution in [0.2, 0.25) is 0 Å². The molecule has 0 unspecified atom stereocenters. The number of carbonyl (C=O) groups excluding carboxylic acids is 2. The molecule has 1 fully saturated rings. The van der Waals surface area contributed by atoms with Crippen LogP contribution in [0, 0.1) is 12.8 Å². The highest BCUT2D eigenvalue weighted by Crippen LogP contribution is 2.29. The lowest BCUT2D eigenvalue weighted by Crippen LogP contribution is -2.54. The molecule has 2 heterocycles. The summed E-state index contributed by atoms with van der Waals surface area (Å²) in [5, 5.41) is 3.28. The third-order valence-corrected chi connectivity index (χ3v) is 8.12. The molecule has 0 spiro atoms. The molecule has 0 bridgehead atoms. The van der Waals surface area contributed by atoms with E-state index in [4.69, 9.17) is 5.73 Å². The van der Waals surface area contributed by atoms with Crippen LogP contribution >= 0.6 is 0 Å². The third-order valence-electron chi connectivity index (χ3n) is 6.57. The summed E-state index contributed by atoms with van der Waals surface area (Å²) in [5.74, 6) is -0.521. The Morgan fingerprint density at radius 1 is 1.14 bits per heavy atom. The van der Waals surface area contributed by atoms with E-state index in [1.807, 2.05) is 26.0 Å². The third kappa shape index (κ3) is 5.25. The summed E-state index contributed by atoms with van der Waals surface area (Å²) in [5.41, 5.74) is 7.89. The number of sulfonamides is 1. The Hall–Kier alpha value is -3.34. The molecule has 3 atom stereocenters. The maximum Gasteiger partial charge on any atom is 0.255 e. The first kappa shape index (κ1) is 25.7. The van der Waals surface area contributed by atoms with Crippen molar-refractivity contribution in [2.24, 2.45) is 11.7 Å². The number of benzene rings is 2. The second-order valence-corrected chi connectivity index (χ2v) is 11.0. The van der Waals surface area contributed by atoms with Crippen LogP contribution < -0.4 is 15.8 Å². The Kier molecular flexibility index (Phi) is 7.39. The number of aromatic nitrogens is 1. The number of nitrogens with one attached hydrogen (secondary N) is 2. The smallest absolute Gasteiger partial charge is 0.255 e. The quantitative estimate of drug-likeness (QED) is 0.468. The van der Waals surface area contributed by atoms with Gasteiger partial charge in [-0.3, -0.25) is 14.6 Å². The van der Waals surface area contributed by atoms with E-state index in [0.29, 0.717) is 41.7 Å². The summed E-state index contributed by atoms with van der Waals surface area (Å²) >= 11 is 0. The lowest BCUT2D eigenvalue weighted by molar-refractivity contribution is -0.134. The Morgan fingerprint density at radius 2 is 1.89 bits per heavy atom. The number of anilines is 1. The number of likely N-dealkylation sites (tertiary alicyclic amines) is 1. The molecule has 1 aliphatic heterocycles. The number of hydrogen-bond acceptors (Lipinski definition) is 6. The number of rotatable bonds is 6. The molecular formula is C26H31N5O4S. The van der Waals surface area contributed by atoms with Crippen LogP contribution in [0.5, 0.6) is 0 Å². The van der Waals surface area contributed by atoms with Gasteiger partial charge in [0.1, 0.15) is 0 Å². The van der Waals surface area contributed by atoms with E-state index >= 15 is 0 Å². The standard InChI is InChI=1S/C26H31N5O4S/c1-16-7-4-5-8-19(16)25(32)29-22-10-11-23(20-9-6-13-28-24(20)22)36(34,35)30-21-12-14-31(15-17(21)2)26(33)18(3)27/h4-11,13,17-18,21,30H,12,14-15,27H2,1-3H3,(H,29,32)/t17-,18+,21+/m1/s1. The van der Waals surface area contributed by atoms with E-state index in [1.54, 1.807) is 48.4 Å². The maximum absolute atomic E-state index is 13.5. The molecule has 36 heavy (non-hydrogen) atoms. The van der Waals surface area contributed by atoms with Crippen LogP contribution in [0.4, 0.5) is 5.69 Å². The van der Waals surface area contributed by atoms with Crippen molar-refractivity contribution in [1.82, 2.24) is 14.6 Å². The predicted octanol–water partition coefficient (Wildman–Crippen LogP) is 2.66. The highest BCUT2D eigenvalue weighted by atomic mass is 32.2. The number of pyridine rings is 1.